The fourth-order valence-corrected chi connectivity index (χ4v) is 4.17. The summed E-state index contributed by atoms with van der Waals surface area (Å²) in [6, 6.07) is 22.0. The quantitative estimate of drug-likeness (QED) is 0.538. The molecule has 0 saturated carbocycles. The van der Waals surface area contributed by atoms with Gasteiger partial charge in [-0.1, -0.05) is 42.5 Å². The SMILES string of the molecule is O=C(N[C@H]1CCCc2ccccc21)c1cc(-c2cccnc2)nc2ccccc12. The fourth-order valence-electron chi connectivity index (χ4n) is 4.17. The second-order valence-electron chi connectivity index (χ2n) is 7.43. The van der Waals surface area contributed by atoms with Crippen LogP contribution in [0.3, 0.4) is 0 Å². The van der Waals surface area contributed by atoms with Crippen LogP contribution in [0.15, 0.2) is 79.1 Å². The van der Waals surface area contributed by atoms with Gasteiger partial charge < -0.3 is 5.32 Å². The summed E-state index contributed by atoms with van der Waals surface area (Å²) < 4.78 is 0. The number of amides is 1. The normalized spacial score (nSPS) is 15.7. The smallest absolute Gasteiger partial charge is 0.252 e. The summed E-state index contributed by atoms with van der Waals surface area (Å²) in [5.41, 5.74) is 5.68. The highest BCUT2D eigenvalue weighted by atomic mass is 16.1. The lowest BCUT2D eigenvalue weighted by Crippen LogP contribution is -2.31. The Morgan fingerprint density at radius 3 is 2.76 bits per heavy atom. The molecule has 2 aromatic heterocycles. The number of benzene rings is 2. The van der Waals surface area contributed by atoms with Crippen molar-refractivity contribution < 1.29 is 4.79 Å². The van der Waals surface area contributed by atoms with Gasteiger partial charge in [0.2, 0.25) is 0 Å². The van der Waals surface area contributed by atoms with Crippen LogP contribution in [-0.2, 0) is 6.42 Å². The maximum Gasteiger partial charge on any atom is 0.252 e. The number of hydrogen-bond acceptors (Lipinski definition) is 3. The number of pyridine rings is 2. The number of carbonyl (C=O) groups excluding carboxylic acids is 1. The lowest BCUT2D eigenvalue weighted by molar-refractivity contribution is 0.0934. The molecule has 1 atom stereocenters. The van der Waals surface area contributed by atoms with E-state index < -0.39 is 0 Å². The molecule has 0 radical (unpaired) electrons. The third-order valence-electron chi connectivity index (χ3n) is 5.59. The first kappa shape index (κ1) is 17.6. The summed E-state index contributed by atoms with van der Waals surface area (Å²) in [4.78, 5) is 22.3. The van der Waals surface area contributed by atoms with Gasteiger partial charge in [-0.15, -0.1) is 0 Å². The van der Waals surface area contributed by atoms with Gasteiger partial charge in [-0.25, -0.2) is 4.98 Å². The zero-order valence-electron chi connectivity index (χ0n) is 16.0. The molecule has 0 bridgehead atoms. The van der Waals surface area contributed by atoms with E-state index >= 15 is 0 Å². The van der Waals surface area contributed by atoms with Gasteiger partial charge in [0.1, 0.15) is 0 Å². The van der Waals surface area contributed by atoms with Gasteiger partial charge in [-0.3, -0.25) is 9.78 Å². The number of hydrogen-bond donors (Lipinski definition) is 1. The first-order chi connectivity index (χ1) is 14.3. The first-order valence-electron chi connectivity index (χ1n) is 9.98. The van der Waals surface area contributed by atoms with Crippen LogP contribution in [-0.4, -0.2) is 15.9 Å². The lowest BCUT2D eigenvalue weighted by Gasteiger charge is -2.26. The summed E-state index contributed by atoms with van der Waals surface area (Å²) >= 11 is 0. The van der Waals surface area contributed by atoms with Crippen LogP contribution >= 0.6 is 0 Å². The van der Waals surface area contributed by atoms with Crippen molar-refractivity contribution in [3.05, 3.63) is 95.8 Å². The van der Waals surface area contributed by atoms with Crippen molar-refractivity contribution in [1.82, 2.24) is 15.3 Å². The molecule has 2 aromatic carbocycles. The molecule has 1 N–H and O–H groups in total. The van der Waals surface area contributed by atoms with Gasteiger partial charge in [0, 0.05) is 23.3 Å². The topological polar surface area (TPSA) is 54.9 Å². The lowest BCUT2D eigenvalue weighted by atomic mass is 9.87. The number of para-hydroxylation sites is 1. The molecular formula is C25H21N3O. The van der Waals surface area contributed by atoms with Crippen LogP contribution in [0.4, 0.5) is 0 Å². The van der Waals surface area contributed by atoms with Gasteiger partial charge in [0.15, 0.2) is 0 Å². The van der Waals surface area contributed by atoms with E-state index in [0.717, 1.165) is 41.4 Å². The second kappa shape index (κ2) is 7.47. The molecule has 0 saturated heterocycles. The van der Waals surface area contributed by atoms with E-state index in [1.165, 1.54) is 11.1 Å². The van der Waals surface area contributed by atoms with E-state index in [2.05, 4.69) is 28.5 Å². The van der Waals surface area contributed by atoms with Crippen molar-refractivity contribution in [3.8, 4) is 11.3 Å². The molecule has 142 valence electrons. The van der Waals surface area contributed by atoms with Gasteiger partial charge in [0.05, 0.1) is 22.8 Å². The minimum atomic E-state index is -0.0598. The highest BCUT2D eigenvalue weighted by molar-refractivity contribution is 6.07. The highest BCUT2D eigenvalue weighted by Crippen LogP contribution is 2.31. The van der Waals surface area contributed by atoms with E-state index in [-0.39, 0.29) is 11.9 Å². The van der Waals surface area contributed by atoms with Gasteiger partial charge in [0.25, 0.3) is 5.91 Å². The molecule has 4 aromatic rings. The molecule has 1 aliphatic rings. The minimum Gasteiger partial charge on any atom is -0.345 e. The fraction of sp³-hybridized carbons (Fsp3) is 0.160. The van der Waals surface area contributed by atoms with Gasteiger partial charge in [-0.2, -0.15) is 0 Å². The summed E-state index contributed by atoms with van der Waals surface area (Å²) in [5, 5.41) is 4.14. The molecule has 0 spiro atoms. The molecule has 4 nitrogen and oxygen atoms in total. The van der Waals surface area contributed by atoms with Crippen molar-refractivity contribution in [1.29, 1.82) is 0 Å². The van der Waals surface area contributed by atoms with E-state index in [4.69, 9.17) is 4.98 Å². The maximum atomic E-state index is 13.4. The Balaban J connectivity index is 1.55. The number of carbonyl (C=O) groups is 1. The molecular weight excluding hydrogens is 358 g/mol. The molecule has 1 amide bonds. The number of nitrogens with one attached hydrogen (secondary N) is 1. The molecule has 29 heavy (non-hydrogen) atoms. The predicted octanol–water partition coefficient (Wildman–Crippen LogP) is 5.10. The highest BCUT2D eigenvalue weighted by Gasteiger charge is 2.23. The van der Waals surface area contributed by atoms with Gasteiger partial charge in [-0.05, 0) is 54.7 Å². The maximum absolute atomic E-state index is 13.4. The third-order valence-corrected chi connectivity index (χ3v) is 5.59. The van der Waals surface area contributed by atoms with Gasteiger partial charge >= 0.3 is 0 Å². The zero-order chi connectivity index (χ0) is 19.6. The van der Waals surface area contributed by atoms with Crippen LogP contribution in [0.2, 0.25) is 0 Å². The minimum absolute atomic E-state index is 0.0428. The van der Waals surface area contributed by atoms with Crippen LogP contribution in [0.1, 0.15) is 40.4 Å². The first-order valence-corrected chi connectivity index (χ1v) is 9.98. The van der Waals surface area contributed by atoms with Crippen molar-refractivity contribution >= 4 is 16.8 Å². The summed E-state index contributed by atoms with van der Waals surface area (Å²) in [6.07, 6.45) is 6.63. The van der Waals surface area contributed by atoms with Crippen molar-refractivity contribution in [2.45, 2.75) is 25.3 Å². The average molecular weight is 379 g/mol. The average Bonchev–Trinajstić information content (AvgIpc) is 2.79. The monoisotopic (exact) mass is 379 g/mol. The molecule has 0 aliphatic heterocycles. The van der Waals surface area contributed by atoms with E-state index in [1.807, 2.05) is 48.5 Å². The number of nitrogens with zero attached hydrogens (tertiary/aromatic N) is 2. The van der Waals surface area contributed by atoms with Crippen molar-refractivity contribution in [2.24, 2.45) is 0 Å². The standard InChI is InChI=1S/C25H21N3O/c29-25(28-22-13-5-8-17-7-1-2-10-19(17)22)21-15-24(18-9-6-14-26-16-18)27-23-12-4-3-11-20(21)23/h1-4,6-7,9-12,14-16,22H,5,8,13H2,(H,28,29)/t22-/m0/s1. The summed E-state index contributed by atoms with van der Waals surface area (Å²) in [6.45, 7) is 0. The number of aromatic nitrogens is 2. The molecule has 4 heteroatoms. The molecule has 1 aliphatic carbocycles. The molecule has 2 heterocycles. The Morgan fingerprint density at radius 2 is 1.86 bits per heavy atom. The van der Waals surface area contributed by atoms with E-state index in [1.54, 1.807) is 12.4 Å². The van der Waals surface area contributed by atoms with Crippen molar-refractivity contribution in [2.75, 3.05) is 0 Å². The zero-order valence-corrected chi connectivity index (χ0v) is 16.0. The second-order valence-corrected chi connectivity index (χ2v) is 7.43. The Kier molecular flexibility index (Phi) is 4.53. The van der Waals surface area contributed by atoms with Crippen molar-refractivity contribution in [3.63, 3.8) is 0 Å². The predicted molar refractivity (Wildman–Crippen MR) is 115 cm³/mol. The summed E-state index contributed by atoms with van der Waals surface area (Å²) in [5.74, 6) is -0.0598. The number of aryl methyl sites for hydroxylation is 1. The van der Waals surface area contributed by atoms with Crippen LogP contribution in [0.5, 0.6) is 0 Å². The molecule has 0 fully saturated rings. The molecule has 0 unspecified atom stereocenters. The number of fused-ring (bicyclic) bond motifs is 2. The van der Waals surface area contributed by atoms with E-state index in [0.29, 0.717) is 5.56 Å². The Bertz CT molecular complexity index is 1190. The molecule has 5 rings (SSSR count). The van der Waals surface area contributed by atoms with Crippen LogP contribution < -0.4 is 5.32 Å². The summed E-state index contributed by atoms with van der Waals surface area (Å²) in [7, 11) is 0. The van der Waals surface area contributed by atoms with Crippen LogP contribution in [0, 0.1) is 0 Å². The van der Waals surface area contributed by atoms with Crippen LogP contribution in [0.25, 0.3) is 22.2 Å². The Labute approximate surface area is 169 Å². The number of rotatable bonds is 3. The third kappa shape index (κ3) is 3.38. The Hall–Kier alpha value is -3.53. The Morgan fingerprint density at radius 1 is 1.00 bits per heavy atom. The largest absolute Gasteiger partial charge is 0.345 e. The van der Waals surface area contributed by atoms with E-state index in [9.17, 15) is 4.79 Å².